The number of rotatable bonds is 9. The first kappa shape index (κ1) is 27.6. The average Bonchev–Trinajstić information content (AvgIpc) is 2.91. The quantitative estimate of drug-likeness (QED) is 0.430. The van der Waals surface area contributed by atoms with Crippen LogP contribution < -0.4 is 9.46 Å². The van der Waals surface area contributed by atoms with Crippen LogP contribution in [-0.4, -0.2) is 68.1 Å². The summed E-state index contributed by atoms with van der Waals surface area (Å²) in [6.07, 6.45) is -0.355. The number of hydrogen-bond donors (Lipinski definition) is 2. The van der Waals surface area contributed by atoms with Gasteiger partial charge in [-0.3, -0.25) is 14.4 Å². The number of nitrogens with zero attached hydrogens (tertiary/aromatic N) is 2. The molecule has 0 radical (unpaired) electrons. The number of carbonyl (C=O) groups excluding carboxylic acids is 1. The van der Waals surface area contributed by atoms with Gasteiger partial charge in [0, 0.05) is 25.6 Å². The lowest BCUT2D eigenvalue weighted by molar-refractivity contribution is 0.0344. The van der Waals surface area contributed by atoms with Crippen LogP contribution in [0.3, 0.4) is 0 Å². The maximum atomic E-state index is 13.6. The highest BCUT2D eigenvalue weighted by atomic mass is 32.2. The Kier molecular flexibility index (Phi) is 8.71. The van der Waals surface area contributed by atoms with E-state index in [9.17, 15) is 18.3 Å². The van der Waals surface area contributed by atoms with E-state index < -0.39 is 16.1 Å². The standard InChI is InChI=1S/C29H35N3O5S/c1-21-17-32(22(2)20-33)29(34)25-15-10-16-26(30-38(35,36)24-13-8-5-9-14-24)28(25)37-27(21)19-31(3)18-23-11-6-4-7-12-23/h4-16,21-22,27,30,33H,17-20H2,1-3H3/t21-,22+,27+/m0/s1. The molecule has 38 heavy (non-hydrogen) atoms. The summed E-state index contributed by atoms with van der Waals surface area (Å²) >= 11 is 0. The monoisotopic (exact) mass is 537 g/mol. The molecule has 3 aromatic rings. The van der Waals surface area contributed by atoms with Crippen LogP contribution in [-0.2, 0) is 16.6 Å². The number of amides is 1. The number of hydrogen-bond acceptors (Lipinski definition) is 6. The number of likely N-dealkylation sites (N-methyl/N-ethyl adjacent to an activating group) is 1. The molecule has 0 saturated heterocycles. The molecule has 0 unspecified atom stereocenters. The Hall–Kier alpha value is -3.40. The van der Waals surface area contributed by atoms with Crippen molar-refractivity contribution in [3.05, 3.63) is 90.0 Å². The summed E-state index contributed by atoms with van der Waals surface area (Å²) in [5.74, 6) is -0.222. The van der Waals surface area contributed by atoms with Gasteiger partial charge in [0.15, 0.2) is 5.75 Å². The topological polar surface area (TPSA) is 99.2 Å². The van der Waals surface area contributed by atoms with E-state index in [1.807, 2.05) is 32.2 Å². The molecule has 0 aliphatic carbocycles. The fourth-order valence-electron chi connectivity index (χ4n) is 4.61. The maximum absolute atomic E-state index is 13.6. The molecule has 1 aliphatic heterocycles. The van der Waals surface area contributed by atoms with Gasteiger partial charge in [-0.2, -0.15) is 0 Å². The second-order valence-corrected chi connectivity index (χ2v) is 11.6. The van der Waals surface area contributed by atoms with E-state index in [0.717, 1.165) is 5.56 Å². The van der Waals surface area contributed by atoms with Crippen molar-refractivity contribution in [1.29, 1.82) is 0 Å². The molecule has 1 amide bonds. The van der Waals surface area contributed by atoms with Crippen LogP contribution in [0, 0.1) is 5.92 Å². The normalized spacial score (nSPS) is 18.8. The fourth-order valence-corrected chi connectivity index (χ4v) is 5.70. The average molecular weight is 538 g/mol. The SMILES string of the molecule is C[C@H](CO)N1C[C@H](C)[C@@H](CN(C)Cc2ccccc2)Oc2c(NS(=O)(=O)c3ccccc3)cccc2C1=O. The van der Waals surface area contributed by atoms with E-state index in [1.54, 1.807) is 48.2 Å². The molecule has 2 N–H and O–H groups in total. The van der Waals surface area contributed by atoms with Crippen LogP contribution in [0.25, 0.3) is 0 Å². The van der Waals surface area contributed by atoms with Gasteiger partial charge in [0.25, 0.3) is 15.9 Å². The largest absolute Gasteiger partial charge is 0.486 e. The third-order valence-electron chi connectivity index (χ3n) is 6.78. The van der Waals surface area contributed by atoms with Crippen molar-refractivity contribution < 1.29 is 23.1 Å². The van der Waals surface area contributed by atoms with E-state index in [1.165, 1.54) is 12.1 Å². The fraction of sp³-hybridized carbons (Fsp3) is 0.345. The number of anilines is 1. The summed E-state index contributed by atoms with van der Waals surface area (Å²) in [4.78, 5) is 17.5. The third kappa shape index (κ3) is 6.35. The number of aliphatic hydroxyl groups excluding tert-OH is 1. The number of fused-ring (bicyclic) bond motifs is 1. The summed E-state index contributed by atoms with van der Waals surface area (Å²) in [6, 6.07) is 22.6. The molecule has 0 bridgehead atoms. The summed E-state index contributed by atoms with van der Waals surface area (Å²) in [5, 5.41) is 9.89. The molecule has 3 atom stereocenters. The van der Waals surface area contributed by atoms with E-state index in [2.05, 4.69) is 21.8 Å². The van der Waals surface area contributed by atoms with Gasteiger partial charge in [0.1, 0.15) is 6.10 Å². The van der Waals surface area contributed by atoms with E-state index in [4.69, 9.17) is 4.74 Å². The highest BCUT2D eigenvalue weighted by Crippen LogP contribution is 2.36. The third-order valence-corrected chi connectivity index (χ3v) is 8.16. The van der Waals surface area contributed by atoms with Gasteiger partial charge in [-0.25, -0.2) is 8.42 Å². The predicted octanol–water partition coefficient (Wildman–Crippen LogP) is 3.84. The zero-order valence-corrected chi connectivity index (χ0v) is 22.8. The minimum atomic E-state index is -3.92. The molecular formula is C29H35N3O5S. The maximum Gasteiger partial charge on any atom is 0.262 e. The van der Waals surface area contributed by atoms with E-state index >= 15 is 0 Å². The molecule has 0 saturated carbocycles. The molecule has 1 aliphatic rings. The number of benzene rings is 3. The van der Waals surface area contributed by atoms with Crippen LogP contribution in [0.15, 0.2) is 83.8 Å². The molecule has 4 rings (SSSR count). The Labute approximate surface area is 224 Å². The van der Waals surface area contributed by atoms with Gasteiger partial charge in [-0.15, -0.1) is 0 Å². The zero-order valence-electron chi connectivity index (χ0n) is 21.9. The van der Waals surface area contributed by atoms with Crippen LogP contribution in [0.4, 0.5) is 5.69 Å². The lowest BCUT2D eigenvalue weighted by Crippen LogP contribution is -2.49. The molecule has 0 aromatic heterocycles. The first-order valence-electron chi connectivity index (χ1n) is 12.7. The summed E-state index contributed by atoms with van der Waals surface area (Å²) in [6.45, 7) is 5.26. The van der Waals surface area contributed by atoms with Gasteiger partial charge in [-0.05, 0) is 43.8 Å². The zero-order chi connectivity index (χ0) is 27.3. The van der Waals surface area contributed by atoms with Crippen molar-refractivity contribution in [1.82, 2.24) is 9.80 Å². The highest BCUT2D eigenvalue weighted by Gasteiger charge is 2.35. The summed E-state index contributed by atoms with van der Waals surface area (Å²) in [7, 11) is -1.91. The Morgan fingerprint density at radius 3 is 2.37 bits per heavy atom. The van der Waals surface area contributed by atoms with Gasteiger partial charge < -0.3 is 14.7 Å². The highest BCUT2D eigenvalue weighted by molar-refractivity contribution is 7.92. The molecule has 9 heteroatoms. The number of para-hydroxylation sites is 1. The first-order chi connectivity index (χ1) is 18.2. The number of sulfonamides is 1. The molecule has 8 nitrogen and oxygen atoms in total. The molecule has 1 heterocycles. The van der Waals surface area contributed by atoms with E-state index in [-0.39, 0.29) is 46.4 Å². The van der Waals surface area contributed by atoms with Gasteiger partial charge in [-0.1, -0.05) is 61.5 Å². The molecule has 3 aromatic carbocycles. The number of nitrogens with one attached hydrogen (secondary N) is 1. The van der Waals surface area contributed by atoms with Crippen LogP contribution >= 0.6 is 0 Å². The summed E-state index contributed by atoms with van der Waals surface area (Å²) < 4.78 is 35.5. The van der Waals surface area contributed by atoms with Crippen molar-refractivity contribution in [2.45, 2.75) is 37.4 Å². The lowest BCUT2D eigenvalue weighted by Gasteiger charge is -2.38. The minimum absolute atomic E-state index is 0.0990. The van der Waals surface area contributed by atoms with Crippen molar-refractivity contribution in [3.8, 4) is 5.75 Å². The molecule has 202 valence electrons. The van der Waals surface area contributed by atoms with Crippen LogP contribution in [0.2, 0.25) is 0 Å². The molecule has 0 spiro atoms. The van der Waals surface area contributed by atoms with Crippen molar-refractivity contribution in [2.75, 3.05) is 31.5 Å². The van der Waals surface area contributed by atoms with E-state index in [0.29, 0.717) is 19.6 Å². The Morgan fingerprint density at radius 1 is 1.05 bits per heavy atom. The number of carbonyl (C=O) groups is 1. The van der Waals surface area contributed by atoms with Gasteiger partial charge in [0.05, 0.1) is 28.8 Å². The Bertz CT molecular complexity index is 1330. The number of ether oxygens (including phenoxy) is 1. The number of aliphatic hydroxyl groups is 1. The second-order valence-electron chi connectivity index (χ2n) is 9.91. The first-order valence-corrected chi connectivity index (χ1v) is 14.2. The van der Waals surface area contributed by atoms with Gasteiger partial charge in [0.2, 0.25) is 0 Å². The van der Waals surface area contributed by atoms with Crippen LogP contribution in [0.1, 0.15) is 29.8 Å². The van der Waals surface area contributed by atoms with Crippen LogP contribution in [0.5, 0.6) is 5.75 Å². The van der Waals surface area contributed by atoms with Crippen molar-refractivity contribution in [3.63, 3.8) is 0 Å². The Morgan fingerprint density at radius 2 is 1.71 bits per heavy atom. The minimum Gasteiger partial charge on any atom is -0.486 e. The Balaban J connectivity index is 1.71. The summed E-state index contributed by atoms with van der Waals surface area (Å²) in [5.41, 5.74) is 1.61. The smallest absolute Gasteiger partial charge is 0.262 e. The molecular weight excluding hydrogens is 502 g/mol. The lowest BCUT2D eigenvalue weighted by atomic mass is 9.99. The second kappa shape index (κ2) is 12.0. The van der Waals surface area contributed by atoms with Crippen molar-refractivity contribution >= 4 is 21.6 Å². The predicted molar refractivity (Wildman–Crippen MR) is 148 cm³/mol. The molecule has 0 fully saturated rings. The van der Waals surface area contributed by atoms with Crippen molar-refractivity contribution in [2.24, 2.45) is 5.92 Å². The van der Waals surface area contributed by atoms with Gasteiger partial charge >= 0.3 is 0 Å².